The summed E-state index contributed by atoms with van der Waals surface area (Å²) in [6.45, 7) is 5.61. The highest BCUT2D eigenvalue weighted by Crippen LogP contribution is 2.25. The van der Waals surface area contributed by atoms with Gasteiger partial charge in [0.1, 0.15) is 6.26 Å². The predicted molar refractivity (Wildman–Crippen MR) is 53.8 cm³/mol. The van der Waals surface area contributed by atoms with Gasteiger partial charge < -0.3 is 4.18 Å². The third-order valence-electron chi connectivity index (χ3n) is 2.39. The van der Waals surface area contributed by atoms with Gasteiger partial charge in [-0.15, -0.1) is 0 Å². The van der Waals surface area contributed by atoms with E-state index in [1.165, 1.54) is 6.08 Å². The van der Waals surface area contributed by atoms with Crippen LogP contribution in [0, 0.1) is 11.8 Å². The molecule has 0 N–H and O–H groups in total. The first-order chi connectivity index (χ1) is 7.12. The van der Waals surface area contributed by atoms with E-state index >= 15 is 0 Å². The van der Waals surface area contributed by atoms with Gasteiger partial charge in [0.25, 0.3) is 0 Å². The van der Waals surface area contributed by atoms with Crippen molar-refractivity contribution in [1.29, 1.82) is 0 Å². The van der Waals surface area contributed by atoms with Crippen LogP contribution in [0.1, 0.15) is 27.2 Å². The zero-order valence-electron chi connectivity index (χ0n) is 9.28. The van der Waals surface area contributed by atoms with Crippen LogP contribution < -0.4 is 0 Å². The van der Waals surface area contributed by atoms with Crippen molar-refractivity contribution < 1.29 is 25.8 Å². The van der Waals surface area contributed by atoms with Crippen molar-refractivity contribution in [2.75, 3.05) is 0 Å². The maximum atomic E-state index is 11.8. The zero-order chi connectivity index (χ0) is 13.0. The molecule has 7 heteroatoms. The summed E-state index contributed by atoms with van der Waals surface area (Å²) >= 11 is 0. The minimum atomic E-state index is -5.51. The quantitative estimate of drug-likeness (QED) is 0.433. The molecule has 3 nitrogen and oxygen atoms in total. The Balaban J connectivity index is 4.42. The lowest BCUT2D eigenvalue weighted by molar-refractivity contribution is -0.0515. The van der Waals surface area contributed by atoms with Gasteiger partial charge in [-0.05, 0) is 17.9 Å². The molecule has 1 unspecified atom stereocenters. The van der Waals surface area contributed by atoms with Crippen LogP contribution in [0.5, 0.6) is 0 Å². The number of hydrogen-bond acceptors (Lipinski definition) is 3. The molecule has 0 aliphatic carbocycles. The maximum absolute atomic E-state index is 11.8. The third kappa shape index (κ3) is 4.42. The number of rotatable bonds is 5. The minimum Gasteiger partial charge on any atom is -0.384 e. The molecule has 0 aromatic carbocycles. The number of allylic oxidation sites excluding steroid dienone is 1. The molecule has 0 bridgehead atoms. The smallest absolute Gasteiger partial charge is 0.384 e. The topological polar surface area (TPSA) is 43.4 Å². The third-order valence-corrected chi connectivity index (χ3v) is 3.32. The SMILES string of the molecule is CC[C@@H](C)C(C)/C=C/OS(=O)(=O)C(F)(F)F. The van der Waals surface area contributed by atoms with Crippen molar-refractivity contribution >= 4 is 10.1 Å². The molecule has 0 spiro atoms. The summed E-state index contributed by atoms with van der Waals surface area (Å²) in [5.41, 5.74) is -5.38. The Morgan fingerprint density at radius 2 is 1.81 bits per heavy atom. The second-order valence-corrected chi connectivity index (χ2v) is 5.13. The molecule has 0 fully saturated rings. The van der Waals surface area contributed by atoms with Crippen molar-refractivity contribution in [3.8, 4) is 0 Å². The molecule has 0 amide bonds. The van der Waals surface area contributed by atoms with Gasteiger partial charge in [-0.2, -0.15) is 21.6 Å². The van der Waals surface area contributed by atoms with Gasteiger partial charge in [-0.3, -0.25) is 0 Å². The predicted octanol–water partition coefficient (Wildman–Crippen LogP) is 3.05. The maximum Gasteiger partial charge on any atom is 0.534 e. The molecule has 0 aliphatic heterocycles. The van der Waals surface area contributed by atoms with Crippen molar-refractivity contribution in [2.24, 2.45) is 11.8 Å². The first-order valence-electron chi connectivity index (χ1n) is 4.78. The van der Waals surface area contributed by atoms with Gasteiger partial charge in [-0.25, -0.2) is 0 Å². The molecule has 2 atom stereocenters. The normalized spacial score (nSPS) is 17.4. The Bertz CT molecular complexity index is 332. The van der Waals surface area contributed by atoms with Gasteiger partial charge in [0.05, 0.1) is 0 Å². The highest BCUT2D eigenvalue weighted by atomic mass is 32.2. The number of hydrogen-bond donors (Lipinski definition) is 0. The molecule has 0 rings (SSSR count). The summed E-state index contributed by atoms with van der Waals surface area (Å²) < 4.78 is 60.2. The van der Waals surface area contributed by atoms with Crippen molar-refractivity contribution in [3.05, 3.63) is 12.3 Å². The minimum absolute atomic E-state index is 0.0477. The van der Waals surface area contributed by atoms with Crippen LogP contribution in [-0.4, -0.2) is 13.9 Å². The van der Waals surface area contributed by atoms with E-state index in [1.807, 2.05) is 13.8 Å². The van der Waals surface area contributed by atoms with E-state index in [4.69, 9.17) is 0 Å². The lowest BCUT2D eigenvalue weighted by atomic mass is 9.94. The lowest BCUT2D eigenvalue weighted by Crippen LogP contribution is -2.23. The van der Waals surface area contributed by atoms with Gasteiger partial charge in [0, 0.05) is 0 Å². The fourth-order valence-electron chi connectivity index (χ4n) is 0.845. The fraction of sp³-hybridized carbons (Fsp3) is 0.778. The van der Waals surface area contributed by atoms with Crippen LogP contribution in [-0.2, 0) is 14.3 Å². The second kappa shape index (κ2) is 5.56. The van der Waals surface area contributed by atoms with E-state index in [-0.39, 0.29) is 11.8 Å². The molecular weight excluding hydrogens is 245 g/mol. The van der Waals surface area contributed by atoms with E-state index in [0.717, 1.165) is 6.42 Å². The largest absolute Gasteiger partial charge is 0.534 e. The molecule has 0 aliphatic rings. The molecule has 96 valence electrons. The second-order valence-electron chi connectivity index (χ2n) is 3.57. The van der Waals surface area contributed by atoms with Crippen molar-refractivity contribution in [3.63, 3.8) is 0 Å². The first kappa shape index (κ1) is 15.3. The van der Waals surface area contributed by atoms with Crippen LogP contribution in [0.3, 0.4) is 0 Å². The van der Waals surface area contributed by atoms with Crippen LogP contribution in [0.25, 0.3) is 0 Å². The first-order valence-corrected chi connectivity index (χ1v) is 6.19. The Labute approximate surface area is 93.4 Å². The molecule has 16 heavy (non-hydrogen) atoms. The number of halogens is 3. The van der Waals surface area contributed by atoms with Crippen LogP contribution in [0.4, 0.5) is 13.2 Å². The van der Waals surface area contributed by atoms with E-state index in [2.05, 4.69) is 4.18 Å². The summed E-state index contributed by atoms with van der Waals surface area (Å²) in [6, 6.07) is 0. The standard InChI is InChI=1S/C9H15F3O3S/c1-4-7(2)8(3)5-6-15-16(13,14)9(10,11)12/h5-8H,4H2,1-3H3/b6-5+/t7-,8?/m1/s1. The Kier molecular flexibility index (Phi) is 5.31. The summed E-state index contributed by atoms with van der Waals surface area (Å²) in [4.78, 5) is 0. The molecule has 0 aromatic rings. The van der Waals surface area contributed by atoms with Crippen molar-refractivity contribution in [1.82, 2.24) is 0 Å². The van der Waals surface area contributed by atoms with Gasteiger partial charge in [-0.1, -0.05) is 27.2 Å². The summed E-state index contributed by atoms with van der Waals surface area (Å²) in [6.07, 6.45) is 2.73. The van der Waals surface area contributed by atoms with E-state index in [1.54, 1.807) is 6.92 Å². The highest BCUT2D eigenvalue weighted by Gasteiger charge is 2.47. The molecular formula is C9H15F3O3S. The van der Waals surface area contributed by atoms with Crippen LogP contribution in [0.15, 0.2) is 12.3 Å². The van der Waals surface area contributed by atoms with Crippen LogP contribution >= 0.6 is 0 Å². The molecule has 0 saturated carbocycles. The van der Waals surface area contributed by atoms with E-state index in [9.17, 15) is 21.6 Å². The summed E-state index contributed by atoms with van der Waals surface area (Å²) in [7, 11) is -5.51. The summed E-state index contributed by atoms with van der Waals surface area (Å²) in [5, 5.41) is 0. The van der Waals surface area contributed by atoms with E-state index < -0.39 is 15.6 Å². The Hall–Kier alpha value is -0.720. The van der Waals surface area contributed by atoms with Gasteiger partial charge in [0.2, 0.25) is 0 Å². The van der Waals surface area contributed by atoms with Crippen LogP contribution in [0.2, 0.25) is 0 Å². The van der Waals surface area contributed by atoms with Gasteiger partial charge >= 0.3 is 15.6 Å². The Morgan fingerprint density at radius 1 is 1.31 bits per heavy atom. The zero-order valence-corrected chi connectivity index (χ0v) is 10.1. The number of alkyl halides is 3. The van der Waals surface area contributed by atoms with Crippen molar-refractivity contribution in [2.45, 2.75) is 32.7 Å². The average molecular weight is 260 g/mol. The molecule has 0 aromatic heterocycles. The lowest BCUT2D eigenvalue weighted by Gasteiger charge is -2.13. The molecule has 0 radical (unpaired) electrons. The average Bonchev–Trinajstić information content (AvgIpc) is 2.14. The molecule has 0 heterocycles. The highest BCUT2D eigenvalue weighted by molar-refractivity contribution is 7.87. The molecule has 0 saturated heterocycles. The fourth-order valence-corrected chi connectivity index (χ4v) is 1.16. The monoisotopic (exact) mass is 260 g/mol. The Morgan fingerprint density at radius 3 is 2.19 bits per heavy atom. The summed E-state index contributed by atoms with van der Waals surface area (Å²) in [5.74, 6) is 0.196. The van der Waals surface area contributed by atoms with Gasteiger partial charge in [0.15, 0.2) is 0 Å². The van der Waals surface area contributed by atoms with E-state index in [0.29, 0.717) is 6.26 Å².